The summed E-state index contributed by atoms with van der Waals surface area (Å²) in [5, 5.41) is 0. The first kappa shape index (κ1) is 12.7. The lowest BCUT2D eigenvalue weighted by Crippen LogP contribution is -2.38. The Balaban J connectivity index is 1.75. The zero-order valence-corrected chi connectivity index (χ0v) is 11.6. The van der Waals surface area contributed by atoms with Gasteiger partial charge in [-0.05, 0) is 18.8 Å². The second-order valence-electron chi connectivity index (χ2n) is 5.53. The minimum atomic E-state index is 0.760. The molecule has 104 valence electrons. The second kappa shape index (κ2) is 5.74. The van der Waals surface area contributed by atoms with Crippen LogP contribution in [0.5, 0.6) is 0 Å². The van der Waals surface area contributed by atoms with Crippen molar-refractivity contribution in [2.24, 2.45) is 5.92 Å². The third kappa shape index (κ3) is 2.97. The Morgan fingerprint density at radius 1 is 1.11 bits per heavy atom. The van der Waals surface area contributed by atoms with E-state index in [0.717, 1.165) is 56.9 Å². The van der Waals surface area contributed by atoms with Gasteiger partial charge in [0.15, 0.2) is 0 Å². The van der Waals surface area contributed by atoms with Gasteiger partial charge in [-0.3, -0.25) is 0 Å². The molecule has 0 bridgehead atoms. The number of hydrogen-bond donors (Lipinski definition) is 0. The second-order valence-corrected chi connectivity index (χ2v) is 5.53. The summed E-state index contributed by atoms with van der Waals surface area (Å²) in [5.41, 5.74) is 0. The molecule has 3 rings (SSSR count). The molecule has 2 aliphatic heterocycles. The number of anilines is 2. The van der Waals surface area contributed by atoms with Crippen LogP contribution in [0.15, 0.2) is 12.4 Å². The van der Waals surface area contributed by atoms with E-state index in [1.54, 1.807) is 6.33 Å². The van der Waals surface area contributed by atoms with E-state index in [4.69, 9.17) is 4.74 Å². The summed E-state index contributed by atoms with van der Waals surface area (Å²) >= 11 is 0. The van der Waals surface area contributed by atoms with Gasteiger partial charge in [0.2, 0.25) is 0 Å². The molecule has 0 radical (unpaired) electrons. The molecule has 19 heavy (non-hydrogen) atoms. The Kier molecular flexibility index (Phi) is 3.82. The molecule has 1 unspecified atom stereocenters. The van der Waals surface area contributed by atoms with E-state index in [0.29, 0.717) is 0 Å². The van der Waals surface area contributed by atoms with E-state index in [9.17, 15) is 0 Å². The van der Waals surface area contributed by atoms with Gasteiger partial charge < -0.3 is 14.5 Å². The summed E-state index contributed by atoms with van der Waals surface area (Å²) in [7, 11) is 0. The highest BCUT2D eigenvalue weighted by atomic mass is 16.5. The molecule has 3 heterocycles. The van der Waals surface area contributed by atoms with Crippen molar-refractivity contribution < 1.29 is 4.74 Å². The van der Waals surface area contributed by atoms with Crippen molar-refractivity contribution in [3.63, 3.8) is 0 Å². The molecule has 0 aromatic carbocycles. The monoisotopic (exact) mass is 262 g/mol. The van der Waals surface area contributed by atoms with Crippen LogP contribution in [-0.4, -0.2) is 49.4 Å². The number of hydrogen-bond acceptors (Lipinski definition) is 5. The van der Waals surface area contributed by atoms with Gasteiger partial charge in [-0.2, -0.15) is 0 Å². The maximum Gasteiger partial charge on any atom is 0.134 e. The minimum absolute atomic E-state index is 0.760. The number of piperidine rings is 1. The van der Waals surface area contributed by atoms with E-state index < -0.39 is 0 Å². The molecule has 1 aromatic rings. The highest BCUT2D eigenvalue weighted by Crippen LogP contribution is 2.23. The normalized spacial score (nSPS) is 24.6. The Morgan fingerprint density at radius 2 is 1.84 bits per heavy atom. The summed E-state index contributed by atoms with van der Waals surface area (Å²) in [6, 6.07) is 2.13. The Bertz CT molecular complexity index is 420. The van der Waals surface area contributed by atoms with Gasteiger partial charge in [-0.25, -0.2) is 9.97 Å². The molecule has 2 aliphatic rings. The van der Waals surface area contributed by atoms with Gasteiger partial charge in [0.05, 0.1) is 13.2 Å². The van der Waals surface area contributed by atoms with Crippen molar-refractivity contribution in [2.45, 2.75) is 19.8 Å². The molecule has 1 aromatic heterocycles. The zero-order valence-electron chi connectivity index (χ0n) is 11.6. The molecule has 5 heteroatoms. The third-order valence-electron chi connectivity index (χ3n) is 3.95. The molecule has 0 N–H and O–H groups in total. The average Bonchev–Trinajstić information content (AvgIpc) is 2.48. The average molecular weight is 262 g/mol. The Labute approximate surface area is 114 Å². The highest BCUT2D eigenvalue weighted by molar-refractivity contribution is 5.50. The van der Waals surface area contributed by atoms with E-state index in [-0.39, 0.29) is 0 Å². The van der Waals surface area contributed by atoms with Gasteiger partial charge in [0.25, 0.3) is 0 Å². The Hall–Kier alpha value is -1.36. The van der Waals surface area contributed by atoms with Crippen LogP contribution in [0.2, 0.25) is 0 Å². The first-order chi connectivity index (χ1) is 9.33. The van der Waals surface area contributed by atoms with Crippen molar-refractivity contribution in [1.29, 1.82) is 0 Å². The summed E-state index contributed by atoms with van der Waals surface area (Å²) in [5.74, 6) is 2.87. The summed E-state index contributed by atoms with van der Waals surface area (Å²) in [6.07, 6.45) is 4.29. The molecular weight excluding hydrogens is 240 g/mol. The zero-order chi connectivity index (χ0) is 13.1. The van der Waals surface area contributed by atoms with Crippen LogP contribution in [-0.2, 0) is 4.74 Å². The van der Waals surface area contributed by atoms with Crippen molar-refractivity contribution in [3.8, 4) is 0 Å². The quantitative estimate of drug-likeness (QED) is 0.809. The first-order valence-electron chi connectivity index (χ1n) is 7.22. The molecule has 0 saturated carbocycles. The van der Waals surface area contributed by atoms with E-state index >= 15 is 0 Å². The van der Waals surface area contributed by atoms with Crippen LogP contribution < -0.4 is 9.80 Å². The molecule has 2 fully saturated rings. The largest absolute Gasteiger partial charge is 0.378 e. The molecule has 1 atom stereocenters. The number of rotatable bonds is 2. The van der Waals surface area contributed by atoms with Gasteiger partial charge in [-0.15, -0.1) is 0 Å². The lowest BCUT2D eigenvalue weighted by Gasteiger charge is -2.33. The van der Waals surface area contributed by atoms with Crippen LogP contribution >= 0.6 is 0 Å². The van der Waals surface area contributed by atoms with Crippen molar-refractivity contribution >= 4 is 11.6 Å². The van der Waals surface area contributed by atoms with Crippen LogP contribution in [0.3, 0.4) is 0 Å². The van der Waals surface area contributed by atoms with Gasteiger partial charge in [-0.1, -0.05) is 6.92 Å². The summed E-state index contributed by atoms with van der Waals surface area (Å²) in [4.78, 5) is 13.5. The van der Waals surface area contributed by atoms with E-state index in [2.05, 4.69) is 32.8 Å². The van der Waals surface area contributed by atoms with Crippen LogP contribution in [0.25, 0.3) is 0 Å². The standard InChI is InChI=1S/C14H22N4O/c1-12-3-2-4-18(10-12)14-9-13(15-11-16-14)17-5-7-19-8-6-17/h9,11-12H,2-8,10H2,1H3. The lowest BCUT2D eigenvalue weighted by atomic mass is 10.0. The van der Waals surface area contributed by atoms with Crippen LogP contribution in [0, 0.1) is 5.92 Å². The van der Waals surface area contributed by atoms with E-state index in [1.807, 2.05) is 0 Å². The van der Waals surface area contributed by atoms with Crippen molar-refractivity contribution in [3.05, 3.63) is 12.4 Å². The maximum atomic E-state index is 5.39. The van der Waals surface area contributed by atoms with E-state index in [1.165, 1.54) is 12.8 Å². The lowest BCUT2D eigenvalue weighted by molar-refractivity contribution is 0.122. The van der Waals surface area contributed by atoms with Crippen LogP contribution in [0.4, 0.5) is 11.6 Å². The Morgan fingerprint density at radius 3 is 2.58 bits per heavy atom. The number of ether oxygens (including phenoxy) is 1. The fourth-order valence-electron chi connectivity index (χ4n) is 2.87. The number of morpholine rings is 1. The van der Waals surface area contributed by atoms with Gasteiger partial charge >= 0.3 is 0 Å². The molecule has 2 saturated heterocycles. The summed E-state index contributed by atoms with van der Waals surface area (Å²) < 4.78 is 5.39. The highest BCUT2D eigenvalue weighted by Gasteiger charge is 2.19. The van der Waals surface area contributed by atoms with Gasteiger partial charge in [0.1, 0.15) is 18.0 Å². The SMILES string of the molecule is CC1CCCN(c2cc(N3CCOCC3)ncn2)C1. The van der Waals surface area contributed by atoms with Crippen LogP contribution in [0.1, 0.15) is 19.8 Å². The molecular formula is C14H22N4O. The molecule has 0 amide bonds. The number of aromatic nitrogens is 2. The first-order valence-corrected chi connectivity index (χ1v) is 7.22. The predicted octanol–water partition coefficient (Wildman–Crippen LogP) is 1.55. The molecule has 5 nitrogen and oxygen atoms in total. The molecule has 0 aliphatic carbocycles. The minimum Gasteiger partial charge on any atom is -0.378 e. The number of nitrogens with zero attached hydrogens (tertiary/aromatic N) is 4. The topological polar surface area (TPSA) is 41.5 Å². The van der Waals surface area contributed by atoms with Gasteiger partial charge in [0, 0.05) is 32.2 Å². The maximum absolute atomic E-state index is 5.39. The molecule has 0 spiro atoms. The predicted molar refractivity (Wildman–Crippen MR) is 75.7 cm³/mol. The fraction of sp³-hybridized carbons (Fsp3) is 0.714. The van der Waals surface area contributed by atoms with Crippen molar-refractivity contribution in [2.75, 3.05) is 49.2 Å². The summed E-state index contributed by atoms with van der Waals surface area (Å²) in [6.45, 7) is 7.97. The third-order valence-corrected chi connectivity index (χ3v) is 3.95. The smallest absolute Gasteiger partial charge is 0.134 e. The van der Waals surface area contributed by atoms with Crippen molar-refractivity contribution in [1.82, 2.24) is 9.97 Å². The fourth-order valence-corrected chi connectivity index (χ4v) is 2.87.